The van der Waals surface area contributed by atoms with Gasteiger partial charge in [0.05, 0.1) is 27.9 Å². The maximum atomic E-state index is 12.0. The molecule has 0 saturated heterocycles. The van der Waals surface area contributed by atoms with Gasteiger partial charge in [0.2, 0.25) is 11.6 Å². The molecule has 30 heavy (non-hydrogen) atoms. The molecule has 0 saturated carbocycles. The molecule has 1 aromatic carbocycles. The number of nitrogens with one attached hydrogen (secondary N) is 2. The van der Waals surface area contributed by atoms with Crippen molar-refractivity contribution >= 4 is 23.5 Å². The molecule has 0 atom stereocenters. The minimum absolute atomic E-state index is 0.0779. The second-order valence-corrected chi connectivity index (χ2v) is 6.60. The standard InChI is InChI=1S/C20H25ClN2O7/c1-5-6-15(26)30-20-17(21)16(12(23-20)9-22-10-14(24)25)11-7-8-13(27-2)19(29-4)18(11)28-3/h7-8,22-23H,5-6,9-10H2,1-4H3,(H,24,25). The predicted molar refractivity (Wildman–Crippen MR) is 111 cm³/mol. The SMILES string of the molecule is CCCC(=O)Oc1[nH]c(CNCC(=O)O)c(-c2ccc(OC)c(OC)c2OC)c1Cl. The second-order valence-electron chi connectivity index (χ2n) is 6.22. The maximum absolute atomic E-state index is 12.0. The van der Waals surface area contributed by atoms with Crippen LogP contribution in [-0.2, 0) is 16.1 Å². The van der Waals surface area contributed by atoms with Gasteiger partial charge in [0.25, 0.3) is 0 Å². The zero-order valence-corrected chi connectivity index (χ0v) is 18.0. The first-order chi connectivity index (χ1) is 14.4. The molecule has 1 aromatic heterocycles. The number of hydrogen-bond acceptors (Lipinski definition) is 7. The number of carboxylic acid groups (broad SMARTS) is 1. The number of hydrogen-bond donors (Lipinski definition) is 3. The summed E-state index contributed by atoms with van der Waals surface area (Å²) in [4.78, 5) is 25.8. The van der Waals surface area contributed by atoms with Crippen molar-refractivity contribution in [2.24, 2.45) is 0 Å². The van der Waals surface area contributed by atoms with Crippen molar-refractivity contribution in [2.45, 2.75) is 26.3 Å². The third-order valence-corrected chi connectivity index (χ3v) is 4.57. The molecule has 0 amide bonds. The summed E-state index contributed by atoms with van der Waals surface area (Å²) in [5, 5.41) is 11.9. The highest BCUT2D eigenvalue weighted by molar-refractivity contribution is 6.35. The first-order valence-electron chi connectivity index (χ1n) is 9.20. The van der Waals surface area contributed by atoms with Crippen LogP contribution in [0, 0.1) is 0 Å². The van der Waals surface area contributed by atoms with Gasteiger partial charge in [-0.2, -0.15) is 0 Å². The lowest BCUT2D eigenvalue weighted by Gasteiger charge is -2.16. The fourth-order valence-corrected chi connectivity index (χ4v) is 3.25. The van der Waals surface area contributed by atoms with E-state index in [0.29, 0.717) is 40.5 Å². The van der Waals surface area contributed by atoms with E-state index in [1.54, 1.807) is 12.1 Å². The number of ether oxygens (including phenoxy) is 4. The summed E-state index contributed by atoms with van der Waals surface area (Å²) in [7, 11) is 4.47. The number of H-pyrrole nitrogens is 1. The molecule has 9 nitrogen and oxygen atoms in total. The number of aromatic nitrogens is 1. The number of benzene rings is 1. The van der Waals surface area contributed by atoms with Crippen LogP contribution in [0.2, 0.25) is 5.02 Å². The molecule has 0 radical (unpaired) electrons. The van der Waals surface area contributed by atoms with E-state index in [1.807, 2.05) is 6.92 Å². The van der Waals surface area contributed by atoms with E-state index in [1.165, 1.54) is 21.3 Å². The van der Waals surface area contributed by atoms with Gasteiger partial charge in [0.1, 0.15) is 5.02 Å². The fourth-order valence-electron chi connectivity index (χ4n) is 2.95. The maximum Gasteiger partial charge on any atom is 0.317 e. The van der Waals surface area contributed by atoms with Crippen LogP contribution in [0.5, 0.6) is 23.1 Å². The number of methoxy groups -OCH3 is 3. The average Bonchev–Trinajstić information content (AvgIpc) is 3.01. The molecule has 0 fully saturated rings. The minimum Gasteiger partial charge on any atom is -0.493 e. The number of aromatic amines is 1. The summed E-state index contributed by atoms with van der Waals surface area (Å²) in [6, 6.07) is 3.42. The molecule has 0 unspecified atom stereocenters. The molecule has 0 aliphatic carbocycles. The first-order valence-corrected chi connectivity index (χ1v) is 9.58. The Bertz CT molecular complexity index is 911. The summed E-state index contributed by atoms with van der Waals surface area (Å²) in [6.45, 7) is 1.73. The van der Waals surface area contributed by atoms with Crippen molar-refractivity contribution in [3.8, 4) is 34.3 Å². The van der Waals surface area contributed by atoms with E-state index in [9.17, 15) is 9.59 Å². The third kappa shape index (κ3) is 5.17. The molecule has 0 spiro atoms. The van der Waals surface area contributed by atoms with Crippen LogP contribution in [-0.4, -0.2) is 49.9 Å². The Morgan fingerprint density at radius 3 is 2.40 bits per heavy atom. The van der Waals surface area contributed by atoms with E-state index >= 15 is 0 Å². The molecule has 2 rings (SSSR count). The van der Waals surface area contributed by atoms with Crippen LogP contribution < -0.4 is 24.3 Å². The van der Waals surface area contributed by atoms with Gasteiger partial charge in [-0.05, 0) is 18.6 Å². The van der Waals surface area contributed by atoms with Gasteiger partial charge in [-0.15, -0.1) is 0 Å². The highest BCUT2D eigenvalue weighted by atomic mass is 35.5. The van der Waals surface area contributed by atoms with Crippen molar-refractivity contribution in [3.05, 3.63) is 22.8 Å². The Labute approximate surface area is 179 Å². The summed E-state index contributed by atoms with van der Waals surface area (Å²) in [5.74, 6) is -0.171. The molecular weight excluding hydrogens is 416 g/mol. The number of halogens is 1. The van der Waals surface area contributed by atoms with Crippen molar-refractivity contribution in [1.29, 1.82) is 0 Å². The third-order valence-electron chi connectivity index (χ3n) is 4.21. The van der Waals surface area contributed by atoms with Crippen LogP contribution in [0.15, 0.2) is 12.1 Å². The van der Waals surface area contributed by atoms with E-state index in [0.717, 1.165) is 0 Å². The Morgan fingerprint density at radius 2 is 1.83 bits per heavy atom. The van der Waals surface area contributed by atoms with E-state index in [2.05, 4.69) is 10.3 Å². The van der Waals surface area contributed by atoms with Crippen LogP contribution >= 0.6 is 11.6 Å². The fraction of sp³-hybridized carbons (Fsp3) is 0.400. The summed E-state index contributed by atoms with van der Waals surface area (Å²) >= 11 is 6.57. The molecule has 1 heterocycles. The summed E-state index contributed by atoms with van der Waals surface area (Å²) in [6.07, 6.45) is 0.859. The lowest BCUT2D eigenvalue weighted by Crippen LogP contribution is -2.22. The van der Waals surface area contributed by atoms with E-state index < -0.39 is 11.9 Å². The quantitative estimate of drug-likeness (QED) is 0.455. The molecule has 10 heteroatoms. The number of carbonyl (C=O) groups is 2. The lowest BCUT2D eigenvalue weighted by molar-refractivity contribution is -0.136. The molecule has 3 N–H and O–H groups in total. The van der Waals surface area contributed by atoms with E-state index in [4.69, 9.17) is 35.7 Å². The molecule has 2 aromatic rings. The number of carbonyl (C=O) groups excluding carboxylic acids is 1. The number of esters is 1. The Hall–Kier alpha value is -2.91. The lowest BCUT2D eigenvalue weighted by atomic mass is 10.0. The van der Waals surface area contributed by atoms with Crippen LogP contribution in [0.4, 0.5) is 0 Å². The predicted octanol–water partition coefficient (Wildman–Crippen LogP) is 3.24. The molecule has 0 bridgehead atoms. The van der Waals surface area contributed by atoms with Gasteiger partial charge < -0.3 is 34.4 Å². The largest absolute Gasteiger partial charge is 0.493 e. The van der Waals surface area contributed by atoms with Gasteiger partial charge in [-0.25, -0.2) is 0 Å². The van der Waals surface area contributed by atoms with Gasteiger partial charge in [-0.1, -0.05) is 18.5 Å². The number of aliphatic carboxylic acids is 1. The highest BCUT2D eigenvalue weighted by Gasteiger charge is 2.26. The Morgan fingerprint density at radius 1 is 1.13 bits per heavy atom. The zero-order valence-electron chi connectivity index (χ0n) is 17.3. The van der Waals surface area contributed by atoms with Gasteiger partial charge in [-0.3, -0.25) is 9.59 Å². The molecule has 0 aliphatic rings. The number of rotatable bonds is 11. The summed E-state index contributed by atoms with van der Waals surface area (Å²) < 4.78 is 21.7. The zero-order chi connectivity index (χ0) is 22.3. The summed E-state index contributed by atoms with van der Waals surface area (Å²) in [5.41, 5.74) is 1.57. The van der Waals surface area contributed by atoms with Crippen molar-refractivity contribution < 1.29 is 33.6 Å². The van der Waals surface area contributed by atoms with Crippen molar-refractivity contribution in [2.75, 3.05) is 27.9 Å². The van der Waals surface area contributed by atoms with Gasteiger partial charge >= 0.3 is 11.9 Å². The Balaban J connectivity index is 2.60. The second kappa shape index (κ2) is 10.7. The van der Waals surface area contributed by atoms with Gasteiger partial charge in [0.15, 0.2) is 11.5 Å². The minimum atomic E-state index is -1.01. The monoisotopic (exact) mass is 440 g/mol. The van der Waals surface area contributed by atoms with Crippen molar-refractivity contribution in [3.63, 3.8) is 0 Å². The topological polar surface area (TPSA) is 119 Å². The van der Waals surface area contributed by atoms with Crippen molar-refractivity contribution in [1.82, 2.24) is 10.3 Å². The van der Waals surface area contributed by atoms with Crippen LogP contribution in [0.25, 0.3) is 11.1 Å². The smallest absolute Gasteiger partial charge is 0.317 e. The average molecular weight is 441 g/mol. The molecule has 0 aliphatic heterocycles. The van der Waals surface area contributed by atoms with Crippen LogP contribution in [0.3, 0.4) is 0 Å². The first kappa shape index (κ1) is 23.4. The van der Waals surface area contributed by atoms with Crippen LogP contribution in [0.1, 0.15) is 25.5 Å². The normalized spacial score (nSPS) is 10.6. The number of carboxylic acids is 1. The molecular formula is C20H25ClN2O7. The van der Waals surface area contributed by atoms with E-state index in [-0.39, 0.29) is 30.4 Å². The highest BCUT2D eigenvalue weighted by Crippen LogP contribution is 2.48. The van der Waals surface area contributed by atoms with Gasteiger partial charge in [0, 0.05) is 29.8 Å². The Kier molecular flexibility index (Phi) is 8.37. The molecule has 164 valence electrons.